The lowest BCUT2D eigenvalue weighted by atomic mass is 10.1. The smallest absolute Gasteiger partial charge is 0.329 e. The average molecular weight is 421 g/mol. The van der Waals surface area contributed by atoms with Gasteiger partial charge in [0.05, 0.1) is 10.9 Å². The van der Waals surface area contributed by atoms with Crippen LogP contribution < -0.4 is 21.9 Å². The number of aromatic nitrogens is 3. The molecule has 2 aromatic heterocycles. The molecule has 160 valence electrons. The summed E-state index contributed by atoms with van der Waals surface area (Å²) in [4.78, 5) is 57.0. The van der Waals surface area contributed by atoms with E-state index in [1.54, 1.807) is 37.3 Å². The molecule has 0 radical (unpaired) electrons. The van der Waals surface area contributed by atoms with Crippen LogP contribution >= 0.6 is 0 Å². The number of amides is 2. The molecule has 3 aromatic rings. The summed E-state index contributed by atoms with van der Waals surface area (Å²) in [6, 6.07) is 8.18. The van der Waals surface area contributed by atoms with Gasteiger partial charge in [-0.3, -0.25) is 23.9 Å². The molecule has 4 rings (SSSR count). The topological polar surface area (TPSA) is 126 Å². The largest absolute Gasteiger partial charge is 0.352 e. The van der Waals surface area contributed by atoms with E-state index >= 15 is 0 Å². The van der Waals surface area contributed by atoms with Gasteiger partial charge in [0.15, 0.2) is 5.65 Å². The van der Waals surface area contributed by atoms with E-state index < -0.39 is 17.2 Å². The number of pyridine rings is 1. The average Bonchev–Trinajstić information content (AvgIpc) is 3.59. The fraction of sp³-hybridized carbons (Fsp3) is 0.318. The SMILES string of the molecule is CCNC(=O)c1cccc(NC(=O)c2cc(C3CC3)nc3c2c(=O)[nH]c(=O)n3CC)c1. The number of hydrogen-bond acceptors (Lipinski definition) is 5. The molecule has 0 unspecified atom stereocenters. The van der Waals surface area contributed by atoms with Gasteiger partial charge in [-0.25, -0.2) is 9.78 Å². The van der Waals surface area contributed by atoms with Crippen molar-refractivity contribution in [3.63, 3.8) is 0 Å². The number of carbonyl (C=O) groups is 2. The highest BCUT2D eigenvalue weighted by atomic mass is 16.2. The molecular formula is C22H23N5O4. The summed E-state index contributed by atoms with van der Waals surface area (Å²) in [6.45, 7) is 4.40. The third kappa shape index (κ3) is 3.98. The monoisotopic (exact) mass is 421 g/mol. The summed E-state index contributed by atoms with van der Waals surface area (Å²) >= 11 is 0. The zero-order valence-corrected chi connectivity index (χ0v) is 17.3. The molecule has 0 aliphatic heterocycles. The Morgan fingerprint density at radius 3 is 2.61 bits per heavy atom. The number of hydrogen-bond donors (Lipinski definition) is 3. The van der Waals surface area contributed by atoms with Gasteiger partial charge in [0.2, 0.25) is 0 Å². The zero-order valence-electron chi connectivity index (χ0n) is 17.3. The second-order valence-electron chi connectivity index (χ2n) is 7.47. The van der Waals surface area contributed by atoms with Crippen molar-refractivity contribution < 1.29 is 9.59 Å². The van der Waals surface area contributed by atoms with E-state index in [2.05, 4.69) is 20.6 Å². The number of H-pyrrole nitrogens is 1. The van der Waals surface area contributed by atoms with Gasteiger partial charge in [0.25, 0.3) is 17.4 Å². The number of aromatic amines is 1. The van der Waals surface area contributed by atoms with Crippen LogP contribution in [0, 0.1) is 0 Å². The first-order valence-electron chi connectivity index (χ1n) is 10.3. The first-order valence-corrected chi connectivity index (χ1v) is 10.3. The lowest BCUT2D eigenvalue weighted by Gasteiger charge is -2.13. The van der Waals surface area contributed by atoms with E-state index in [1.165, 1.54) is 4.57 Å². The van der Waals surface area contributed by atoms with Crippen LogP contribution in [0.5, 0.6) is 0 Å². The Kier molecular flexibility index (Phi) is 5.41. The predicted molar refractivity (Wildman–Crippen MR) is 117 cm³/mol. The molecule has 2 amide bonds. The highest BCUT2D eigenvalue weighted by Crippen LogP contribution is 2.40. The summed E-state index contributed by atoms with van der Waals surface area (Å²) in [7, 11) is 0. The van der Waals surface area contributed by atoms with E-state index in [1.807, 2.05) is 6.92 Å². The summed E-state index contributed by atoms with van der Waals surface area (Å²) in [5, 5.41) is 5.55. The van der Waals surface area contributed by atoms with Crippen LogP contribution in [0.25, 0.3) is 11.0 Å². The molecule has 1 aliphatic carbocycles. The Bertz CT molecular complexity index is 1300. The van der Waals surface area contributed by atoms with Crippen molar-refractivity contribution >= 4 is 28.5 Å². The van der Waals surface area contributed by atoms with E-state index in [9.17, 15) is 19.2 Å². The first-order chi connectivity index (χ1) is 14.9. The number of rotatable bonds is 6. The van der Waals surface area contributed by atoms with Gasteiger partial charge in [-0.2, -0.15) is 0 Å². The van der Waals surface area contributed by atoms with Gasteiger partial charge >= 0.3 is 5.69 Å². The minimum Gasteiger partial charge on any atom is -0.352 e. The van der Waals surface area contributed by atoms with Gasteiger partial charge in [-0.1, -0.05) is 6.07 Å². The first kappa shape index (κ1) is 20.5. The Labute approximate surface area is 177 Å². The van der Waals surface area contributed by atoms with Crippen molar-refractivity contribution in [3.8, 4) is 0 Å². The fourth-order valence-corrected chi connectivity index (χ4v) is 3.55. The van der Waals surface area contributed by atoms with Crippen LogP contribution in [0.15, 0.2) is 39.9 Å². The molecule has 9 nitrogen and oxygen atoms in total. The lowest BCUT2D eigenvalue weighted by Crippen LogP contribution is -2.32. The number of anilines is 1. The number of fused-ring (bicyclic) bond motifs is 1. The highest BCUT2D eigenvalue weighted by molar-refractivity contribution is 6.12. The lowest BCUT2D eigenvalue weighted by molar-refractivity contribution is 0.0954. The molecule has 1 saturated carbocycles. The Morgan fingerprint density at radius 2 is 1.94 bits per heavy atom. The van der Waals surface area contributed by atoms with Crippen molar-refractivity contribution in [1.82, 2.24) is 19.9 Å². The standard InChI is InChI=1S/C22H23N5O4/c1-3-23-19(28)13-6-5-7-14(10-13)24-20(29)15-11-16(12-8-9-12)25-18-17(15)21(30)26-22(31)27(18)4-2/h5-7,10-12H,3-4,8-9H2,1-2H3,(H,23,28)(H,24,29)(H,26,30,31). The van der Waals surface area contributed by atoms with Crippen molar-refractivity contribution in [2.75, 3.05) is 11.9 Å². The molecule has 1 fully saturated rings. The Hall–Kier alpha value is -3.75. The molecule has 9 heteroatoms. The van der Waals surface area contributed by atoms with Crippen molar-refractivity contribution in [2.45, 2.75) is 39.2 Å². The Balaban J connectivity index is 1.80. The summed E-state index contributed by atoms with van der Waals surface area (Å²) in [6.07, 6.45) is 1.90. The highest BCUT2D eigenvalue weighted by Gasteiger charge is 2.28. The summed E-state index contributed by atoms with van der Waals surface area (Å²) < 4.78 is 1.36. The molecule has 0 saturated heterocycles. The van der Waals surface area contributed by atoms with E-state index in [0.29, 0.717) is 30.0 Å². The number of carbonyl (C=O) groups excluding carboxylic acids is 2. The predicted octanol–water partition coefficient (Wildman–Crippen LogP) is 1.98. The molecule has 3 N–H and O–H groups in total. The van der Waals surface area contributed by atoms with Crippen LogP contribution in [0.1, 0.15) is 59.0 Å². The molecule has 1 aromatic carbocycles. The van der Waals surface area contributed by atoms with Crippen LogP contribution in [-0.2, 0) is 6.54 Å². The van der Waals surface area contributed by atoms with Crippen molar-refractivity contribution in [1.29, 1.82) is 0 Å². The molecule has 0 atom stereocenters. The van der Waals surface area contributed by atoms with Crippen molar-refractivity contribution in [3.05, 3.63) is 68.0 Å². The second-order valence-corrected chi connectivity index (χ2v) is 7.47. The fourth-order valence-electron chi connectivity index (χ4n) is 3.55. The van der Waals surface area contributed by atoms with Crippen LogP contribution in [0.4, 0.5) is 5.69 Å². The molecule has 0 spiro atoms. The maximum atomic E-state index is 13.2. The van der Waals surface area contributed by atoms with Gasteiger partial charge < -0.3 is 10.6 Å². The van der Waals surface area contributed by atoms with Crippen molar-refractivity contribution in [2.24, 2.45) is 0 Å². The maximum absolute atomic E-state index is 13.2. The molecule has 1 aliphatic rings. The summed E-state index contributed by atoms with van der Waals surface area (Å²) in [5.41, 5.74) is 0.686. The van der Waals surface area contributed by atoms with Crippen LogP contribution in [-0.4, -0.2) is 32.9 Å². The second kappa shape index (κ2) is 8.17. The number of nitrogens with zero attached hydrogens (tertiary/aromatic N) is 2. The van der Waals surface area contributed by atoms with Gasteiger partial charge in [-0.15, -0.1) is 0 Å². The van der Waals surface area contributed by atoms with E-state index in [4.69, 9.17) is 0 Å². The quantitative estimate of drug-likeness (QED) is 0.561. The zero-order chi connectivity index (χ0) is 22.1. The maximum Gasteiger partial charge on any atom is 0.329 e. The number of benzene rings is 1. The minimum absolute atomic E-state index is 0.0724. The van der Waals surface area contributed by atoms with Gasteiger partial charge in [0, 0.05) is 36.0 Å². The molecular weight excluding hydrogens is 398 g/mol. The third-order valence-electron chi connectivity index (χ3n) is 5.24. The normalized spacial score (nSPS) is 13.2. The van der Waals surface area contributed by atoms with Gasteiger partial charge in [0.1, 0.15) is 0 Å². The molecule has 2 heterocycles. The van der Waals surface area contributed by atoms with E-state index in [-0.39, 0.29) is 28.4 Å². The molecule has 0 bridgehead atoms. The van der Waals surface area contributed by atoms with Gasteiger partial charge in [-0.05, 0) is 51.0 Å². The summed E-state index contributed by atoms with van der Waals surface area (Å²) in [5.74, 6) is -0.529. The third-order valence-corrected chi connectivity index (χ3v) is 5.24. The number of nitrogens with one attached hydrogen (secondary N) is 3. The van der Waals surface area contributed by atoms with Crippen LogP contribution in [0.3, 0.4) is 0 Å². The molecule has 31 heavy (non-hydrogen) atoms. The van der Waals surface area contributed by atoms with E-state index in [0.717, 1.165) is 12.8 Å². The number of aryl methyl sites for hydroxylation is 1. The van der Waals surface area contributed by atoms with Crippen LogP contribution in [0.2, 0.25) is 0 Å². The Morgan fingerprint density at radius 1 is 1.16 bits per heavy atom. The minimum atomic E-state index is -0.652.